The van der Waals surface area contributed by atoms with Gasteiger partial charge in [-0.05, 0) is 20.8 Å². The molecule has 6 nitrogen and oxygen atoms in total. The van der Waals surface area contributed by atoms with E-state index in [1.807, 2.05) is 13.1 Å². The number of carbonyl (C=O) groups is 1. The van der Waals surface area contributed by atoms with Crippen LogP contribution >= 0.6 is 11.3 Å². The van der Waals surface area contributed by atoms with Gasteiger partial charge in [-0.3, -0.25) is 4.79 Å². The summed E-state index contributed by atoms with van der Waals surface area (Å²) in [5, 5.41) is 7.06. The van der Waals surface area contributed by atoms with Gasteiger partial charge >= 0.3 is 0 Å². The first kappa shape index (κ1) is 17.9. The molecule has 0 radical (unpaired) electrons. The van der Waals surface area contributed by atoms with Gasteiger partial charge in [-0.1, -0.05) is 0 Å². The zero-order valence-corrected chi connectivity index (χ0v) is 14.1. The van der Waals surface area contributed by atoms with E-state index < -0.39 is 0 Å². The lowest BCUT2D eigenvalue weighted by molar-refractivity contribution is -0.122. The van der Waals surface area contributed by atoms with Gasteiger partial charge in [0.15, 0.2) is 5.13 Å². The topological polar surface area (TPSA) is 66.5 Å². The lowest BCUT2D eigenvalue weighted by Crippen LogP contribution is -2.42. The summed E-state index contributed by atoms with van der Waals surface area (Å²) < 4.78 is 4.90. The van der Waals surface area contributed by atoms with E-state index in [0.29, 0.717) is 19.7 Å². The molecule has 0 aliphatic rings. The Labute approximate surface area is 130 Å². The highest BCUT2D eigenvalue weighted by Crippen LogP contribution is 2.22. The van der Waals surface area contributed by atoms with Gasteiger partial charge in [-0.2, -0.15) is 0 Å². The number of nitrogens with zero attached hydrogens (tertiary/aromatic N) is 2. The third kappa shape index (κ3) is 5.99. The highest BCUT2D eigenvalue weighted by Gasteiger charge is 2.13. The lowest BCUT2D eigenvalue weighted by Gasteiger charge is -2.16. The predicted molar refractivity (Wildman–Crippen MR) is 86.9 cm³/mol. The summed E-state index contributed by atoms with van der Waals surface area (Å²) in [5.41, 5.74) is 0. The number of amides is 1. The van der Waals surface area contributed by atoms with E-state index in [9.17, 15) is 4.79 Å². The van der Waals surface area contributed by atoms with E-state index in [2.05, 4.69) is 34.4 Å². The molecule has 0 saturated carbocycles. The van der Waals surface area contributed by atoms with E-state index in [1.165, 1.54) is 0 Å². The minimum atomic E-state index is -0.235. The number of carbonyl (C=O) groups excluding carboxylic acids is 1. The summed E-state index contributed by atoms with van der Waals surface area (Å²) in [7, 11) is 1.62. The van der Waals surface area contributed by atoms with Crippen LogP contribution in [0.4, 0.5) is 5.13 Å². The maximum atomic E-state index is 11.8. The average Bonchev–Trinajstić information content (AvgIpc) is 2.95. The maximum Gasteiger partial charge on any atom is 0.236 e. The van der Waals surface area contributed by atoms with E-state index in [1.54, 1.807) is 18.4 Å². The van der Waals surface area contributed by atoms with Crippen LogP contribution in [0.1, 0.15) is 25.6 Å². The lowest BCUT2D eigenvalue weighted by atomic mass is 10.3. The van der Waals surface area contributed by atoms with Crippen LogP contribution in [0.3, 0.4) is 0 Å². The molecule has 1 aromatic heterocycles. The van der Waals surface area contributed by atoms with Crippen LogP contribution in [0.25, 0.3) is 0 Å². The van der Waals surface area contributed by atoms with Crippen molar-refractivity contribution in [3.63, 3.8) is 0 Å². The summed E-state index contributed by atoms with van der Waals surface area (Å²) >= 11 is 1.67. The molecule has 2 N–H and O–H groups in total. The van der Waals surface area contributed by atoms with Gasteiger partial charge in [0.05, 0.1) is 12.6 Å². The van der Waals surface area contributed by atoms with Crippen molar-refractivity contribution in [2.45, 2.75) is 33.4 Å². The predicted octanol–water partition coefficient (Wildman–Crippen LogP) is 1.23. The SMILES string of the molecule is CCN(CC)c1ncc(CNC(C)C(=O)NCCOC)s1. The van der Waals surface area contributed by atoms with Gasteiger partial charge in [-0.25, -0.2) is 4.98 Å². The fourth-order valence-electron chi connectivity index (χ4n) is 1.79. The Morgan fingerprint density at radius 1 is 1.48 bits per heavy atom. The Morgan fingerprint density at radius 2 is 2.19 bits per heavy atom. The zero-order chi connectivity index (χ0) is 15.7. The summed E-state index contributed by atoms with van der Waals surface area (Å²) in [6, 6.07) is -0.235. The zero-order valence-electron chi connectivity index (χ0n) is 13.3. The normalized spacial score (nSPS) is 12.2. The second-order valence-electron chi connectivity index (χ2n) is 4.67. The van der Waals surface area contributed by atoms with Gasteiger partial charge in [0.1, 0.15) is 0 Å². The first-order valence-electron chi connectivity index (χ1n) is 7.32. The standard InChI is InChI=1S/C14H26N4O2S/c1-5-18(6-2)14-17-10-12(21-14)9-16-11(3)13(19)15-7-8-20-4/h10-11,16H,5-9H2,1-4H3,(H,15,19). The summed E-state index contributed by atoms with van der Waals surface area (Å²) in [6.07, 6.45) is 1.88. The Bertz CT molecular complexity index is 421. The van der Waals surface area contributed by atoms with Crippen molar-refractivity contribution in [2.24, 2.45) is 0 Å². The molecule has 0 aromatic carbocycles. The van der Waals surface area contributed by atoms with E-state index in [4.69, 9.17) is 4.74 Å². The molecule has 1 unspecified atom stereocenters. The monoisotopic (exact) mass is 314 g/mol. The highest BCUT2D eigenvalue weighted by molar-refractivity contribution is 7.15. The van der Waals surface area contributed by atoms with Crippen molar-refractivity contribution in [2.75, 3.05) is 38.3 Å². The fraction of sp³-hybridized carbons (Fsp3) is 0.714. The Morgan fingerprint density at radius 3 is 2.81 bits per heavy atom. The number of methoxy groups -OCH3 is 1. The molecule has 0 saturated heterocycles. The van der Waals surface area contributed by atoms with Crippen LogP contribution in [0.2, 0.25) is 0 Å². The molecule has 1 rings (SSSR count). The van der Waals surface area contributed by atoms with Gasteiger partial charge in [0, 0.05) is 44.4 Å². The molecule has 0 fully saturated rings. The molecule has 0 spiro atoms. The Hall–Kier alpha value is -1.18. The first-order valence-corrected chi connectivity index (χ1v) is 8.13. The number of thiazole rings is 1. The smallest absolute Gasteiger partial charge is 0.236 e. The highest BCUT2D eigenvalue weighted by atomic mass is 32.1. The van der Waals surface area contributed by atoms with E-state index in [-0.39, 0.29) is 11.9 Å². The van der Waals surface area contributed by atoms with Gasteiger partial charge in [-0.15, -0.1) is 11.3 Å². The molecule has 120 valence electrons. The van der Waals surface area contributed by atoms with Crippen molar-refractivity contribution in [1.82, 2.24) is 15.6 Å². The molecule has 1 aromatic rings. The third-order valence-electron chi connectivity index (χ3n) is 3.16. The first-order chi connectivity index (χ1) is 10.1. The van der Waals surface area contributed by atoms with Crippen LogP contribution < -0.4 is 15.5 Å². The van der Waals surface area contributed by atoms with Crippen LogP contribution in [-0.4, -0.2) is 50.3 Å². The van der Waals surface area contributed by atoms with Crippen molar-refractivity contribution in [3.05, 3.63) is 11.1 Å². The van der Waals surface area contributed by atoms with Crippen LogP contribution in [0.5, 0.6) is 0 Å². The molecule has 1 amide bonds. The maximum absolute atomic E-state index is 11.8. The molecule has 0 bridgehead atoms. The second-order valence-corrected chi connectivity index (χ2v) is 5.76. The molecule has 0 aliphatic carbocycles. The van der Waals surface area contributed by atoms with Crippen LogP contribution in [0.15, 0.2) is 6.20 Å². The third-order valence-corrected chi connectivity index (χ3v) is 4.21. The number of ether oxygens (including phenoxy) is 1. The van der Waals surface area contributed by atoms with E-state index in [0.717, 1.165) is 23.1 Å². The number of anilines is 1. The molecule has 0 aliphatic heterocycles. The number of hydrogen-bond acceptors (Lipinski definition) is 6. The molecular weight excluding hydrogens is 288 g/mol. The second kappa shape index (κ2) is 9.70. The largest absolute Gasteiger partial charge is 0.383 e. The minimum absolute atomic E-state index is 0.0134. The van der Waals surface area contributed by atoms with Gasteiger partial charge in [0.2, 0.25) is 5.91 Å². The number of nitrogens with one attached hydrogen (secondary N) is 2. The molecule has 1 atom stereocenters. The Kier molecular flexibility index (Phi) is 8.26. The fourth-order valence-corrected chi connectivity index (χ4v) is 2.78. The van der Waals surface area contributed by atoms with Crippen molar-refractivity contribution in [1.29, 1.82) is 0 Å². The summed E-state index contributed by atoms with van der Waals surface area (Å²) in [6.45, 7) is 9.72. The van der Waals surface area contributed by atoms with Crippen molar-refractivity contribution in [3.8, 4) is 0 Å². The average molecular weight is 314 g/mol. The number of rotatable bonds is 10. The summed E-state index contributed by atoms with van der Waals surface area (Å²) in [4.78, 5) is 19.6. The molecule has 1 heterocycles. The minimum Gasteiger partial charge on any atom is -0.383 e. The molecule has 7 heteroatoms. The van der Waals surface area contributed by atoms with Crippen molar-refractivity contribution >= 4 is 22.4 Å². The van der Waals surface area contributed by atoms with Gasteiger partial charge in [0.25, 0.3) is 0 Å². The molecule has 21 heavy (non-hydrogen) atoms. The quantitative estimate of drug-likeness (QED) is 0.636. The van der Waals surface area contributed by atoms with Crippen LogP contribution in [0, 0.1) is 0 Å². The number of hydrogen-bond donors (Lipinski definition) is 2. The molecular formula is C14H26N4O2S. The van der Waals surface area contributed by atoms with Gasteiger partial charge < -0.3 is 20.3 Å². The summed E-state index contributed by atoms with van der Waals surface area (Å²) in [5.74, 6) is -0.0134. The van der Waals surface area contributed by atoms with E-state index >= 15 is 0 Å². The Balaban J connectivity index is 2.39. The van der Waals surface area contributed by atoms with Crippen molar-refractivity contribution < 1.29 is 9.53 Å². The number of aromatic nitrogens is 1. The van der Waals surface area contributed by atoms with Crippen LogP contribution in [-0.2, 0) is 16.1 Å².